The molecule has 1 aromatic heterocycles. The second-order valence-corrected chi connectivity index (χ2v) is 9.07. The summed E-state index contributed by atoms with van der Waals surface area (Å²) in [5.41, 5.74) is 1.46. The summed E-state index contributed by atoms with van der Waals surface area (Å²) < 4.78 is 28.5. The van der Waals surface area contributed by atoms with Crippen LogP contribution in [-0.2, 0) is 13.8 Å². The Morgan fingerprint density at radius 3 is 2.70 bits per heavy atom. The van der Waals surface area contributed by atoms with Gasteiger partial charge in [-0.1, -0.05) is 33.2 Å². The van der Waals surface area contributed by atoms with Crippen molar-refractivity contribution in [3.63, 3.8) is 0 Å². The SMILES string of the molecule is O=C1CC(CS(=O)(=O)Cl)CN1c1cc(-c2ccc(Br)cc2)no1. The first-order valence-electron chi connectivity index (χ1n) is 6.77. The van der Waals surface area contributed by atoms with Crippen molar-refractivity contribution < 1.29 is 17.7 Å². The van der Waals surface area contributed by atoms with Crippen molar-refractivity contribution in [2.45, 2.75) is 6.42 Å². The molecule has 1 atom stereocenters. The van der Waals surface area contributed by atoms with Crippen LogP contribution >= 0.6 is 26.6 Å². The van der Waals surface area contributed by atoms with E-state index in [0.717, 1.165) is 10.0 Å². The molecule has 6 nitrogen and oxygen atoms in total. The van der Waals surface area contributed by atoms with Gasteiger partial charge in [0.1, 0.15) is 5.69 Å². The van der Waals surface area contributed by atoms with E-state index in [1.54, 1.807) is 6.07 Å². The van der Waals surface area contributed by atoms with E-state index in [2.05, 4.69) is 21.1 Å². The summed E-state index contributed by atoms with van der Waals surface area (Å²) in [6.45, 7) is 0.250. The molecule has 0 N–H and O–H groups in total. The molecule has 2 aromatic rings. The van der Waals surface area contributed by atoms with Crippen LogP contribution in [0, 0.1) is 5.92 Å². The van der Waals surface area contributed by atoms with Crippen LogP contribution in [0.4, 0.5) is 5.88 Å². The molecule has 0 bridgehead atoms. The zero-order chi connectivity index (χ0) is 16.6. The molecule has 1 fully saturated rings. The van der Waals surface area contributed by atoms with Crippen LogP contribution in [-0.4, -0.2) is 31.8 Å². The summed E-state index contributed by atoms with van der Waals surface area (Å²) in [7, 11) is 1.62. The van der Waals surface area contributed by atoms with Gasteiger partial charge in [0.2, 0.25) is 20.8 Å². The van der Waals surface area contributed by atoms with E-state index in [1.807, 2.05) is 24.3 Å². The lowest BCUT2D eigenvalue weighted by atomic mass is 10.1. The fourth-order valence-corrected chi connectivity index (χ4v) is 4.12. The number of nitrogens with zero attached hydrogens (tertiary/aromatic N) is 2. The van der Waals surface area contributed by atoms with Gasteiger partial charge in [0.05, 0.1) is 5.75 Å². The molecule has 1 aliphatic rings. The van der Waals surface area contributed by atoms with Gasteiger partial charge in [0.15, 0.2) is 0 Å². The Hall–Kier alpha value is -1.38. The Bertz CT molecular complexity index is 835. The molecule has 9 heteroatoms. The summed E-state index contributed by atoms with van der Waals surface area (Å²) in [5, 5.41) is 3.97. The molecule has 0 radical (unpaired) electrons. The van der Waals surface area contributed by atoms with Crippen LogP contribution in [0.3, 0.4) is 0 Å². The Kier molecular flexibility index (Phi) is 4.48. The van der Waals surface area contributed by atoms with Crippen LogP contribution in [0.2, 0.25) is 0 Å². The molecule has 1 unspecified atom stereocenters. The number of hydrogen-bond donors (Lipinski definition) is 0. The van der Waals surface area contributed by atoms with E-state index in [1.165, 1.54) is 4.90 Å². The molecule has 0 spiro atoms. The lowest BCUT2D eigenvalue weighted by molar-refractivity contribution is -0.117. The second-order valence-electron chi connectivity index (χ2n) is 5.34. The predicted octanol–water partition coefficient (Wildman–Crippen LogP) is 3.03. The molecule has 0 saturated carbocycles. The molecule has 0 aliphatic carbocycles. The van der Waals surface area contributed by atoms with Gasteiger partial charge in [-0.15, -0.1) is 0 Å². The predicted molar refractivity (Wildman–Crippen MR) is 89.7 cm³/mol. The molecule has 122 valence electrons. The van der Waals surface area contributed by atoms with Crippen molar-refractivity contribution in [1.82, 2.24) is 5.16 Å². The Labute approximate surface area is 145 Å². The average molecular weight is 420 g/mol. The molecular weight excluding hydrogens is 408 g/mol. The minimum atomic E-state index is -3.64. The smallest absolute Gasteiger partial charge is 0.234 e. The van der Waals surface area contributed by atoms with Gasteiger partial charge in [-0.3, -0.25) is 9.69 Å². The van der Waals surface area contributed by atoms with Crippen LogP contribution in [0.5, 0.6) is 0 Å². The first kappa shape index (κ1) is 16.5. The van der Waals surface area contributed by atoms with Gasteiger partial charge in [-0.05, 0) is 12.1 Å². The summed E-state index contributed by atoms with van der Waals surface area (Å²) in [4.78, 5) is 13.5. The second kappa shape index (κ2) is 6.26. The number of aromatic nitrogens is 1. The number of benzene rings is 1. The van der Waals surface area contributed by atoms with Crippen LogP contribution in [0.15, 0.2) is 39.3 Å². The maximum Gasteiger partial charge on any atom is 0.234 e. The Balaban J connectivity index is 1.78. The van der Waals surface area contributed by atoms with Gasteiger partial charge in [-0.25, -0.2) is 8.42 Å². The summed E-state index contributed by atoms with van der Waals surface area (Å²) in [6.07, 6.45) is 0.125. The van der Waals surface area contributed by atoms with E-state index in [4.69, 9.17) is 15.2 Å². The molecular formula is C14H12BrClN2O4S. The zero-order valence-corrected chi connectivity index (χ0v) is 14.9. The minimum Gasteiger partial charge on any atom is -0.338 e. The highest BCUT2D eigenvalue weighted by atomic mass is 79.9. The van der Waals surface area contributed by atoms with Crippen molar-refractivity contribution >= 4 is 47.5 Å². The zero-order valence-electron chi connectivity index (χ0n) is 11.8. The van der Waals surface area contributed by atoms with Gasteiger partial charge >= 0.3 is 0 Å². The fraction of sp³-hybridized carbons (Fsp3) is 0.286. The van der Waals surface area contributed by atoms with Gasteiger partial charge < -0.3 is 4.52 Å². The normalized spacial score (nSPS) is 18.6. The molecule has 23 heavy (non-hydrogen) atoms. The van der Waals surface area contributed by atoms with E-state index < -0.39 is 9.05 Å². The molecule has 1 aliphatic heterocycles. The maximum absolute atomic E-state index is 12.1. The highest BCUT2D eigenvalue weighted by Gasteiger charge is 2.35. The number of hydrogen-bond acceptors (Lipinski definition) is 5. The molecule has 1 aromatic carbocycles. The largest absolute Gasteiger partial charge is 0.338 e. The average Bonchev–Trinajstić information content (AvgIpc) is 3.04. The number of carbonyl (C=O) groups is 1. The third kappa shape index (κ3) is 3.94. The molecule has 2 heterocycles. The highest BCUT2D eigenvalue weighted by molar-refractivity contribution is 9.10. The number of anilines is 1. The number of rotatable bonds is 4. The number of halogens is 2. The van der Waals surface area contributed by atoms with Gasteiger partial charge in [-0.2, -0.15) is 0 Å². The maximum atomic E-state index is 12.1. The quantitative estimate of drug-likeness (QED) is 0.712. The first-order chi connectivity index (χ1) is 10.8. The van der Waals surface area contributed by atoms with Crippen molar-refractivity contribution in [3.8, 4) is 11.3 Å². The van der Waals surface area contributed by atoms with Gasteiger partial charge in [0, 0.05) is 45.7 Å². The molecule has 3 rings (SSSR count). The third-order valence-electron chi connectivity index (χ3n) is 3.54. The van der Waals surface area contributed by atoms with Crippen LogP contribution in [0.25, 0.3) is 11.3 Å². The molecule has 1 saturated heterocycles. The topological polar surface area (TPSA) is 80.5 Å². The Morgan fingerprint density at radius 2 is 2.04 bits per heavy atom. The van der Waals surface area contributed by atoms with Crippen LogP contribution in [0.1, 0.15) is 6.42 Å². The Morgan fingerprint density at radius 1 is 1.35 bits per heavy atom. The number of amides is 1. The third-order valence-corrected chi connectivity index (χ3v) is 5.32. The fourth-order valence-electron chi connectivity index (χ4n) is 2.54. The lowest BCUT2D eigenvalue weighted by Gasteiger charge is -2.11. The van der Waals surface area contributed by atoms with Crippen molar-refractivity contribution in [2.24, 2.45) is 5.92 Å². The standard InChI is InChI=1S/C14H12BrClN2O4S/c15-11-3-1-10(2-4-11)12-6-14(22-17-12)18-7-9(5-13(18)19)8-23(16,20)21/h1-4,6,9H,5,7-8H2. The lowest BCUT2D eigenvalue weighted by Crippen LogP contribution is -2.24. The monoisotopic (exact) mass is 418 g/mol. The van der Waals surface area contributed by atoms with E-state index >= 15 is 0 Å². The van der Waals surface area contributed by atoms with Crippen molar-refractivity contribution in [1.29, 1.82) is 0 Å². The highest BCUT2D eigenvalue weighted by Crippen LogP contribution is 2.30. The minimum absolute atomic E-state index is 0.125. The number of carbonyl (C=O) groups excluding carboxylic acids is 1. The summed E-state index contributed by atoms with van der Waals surface area (Å²) >= 11 is 3.36. The first-order valence-corrected chi connectivity index (χ1v) is 10.0. The molecule has 1 amide bonds. The summed E-state index contributed by atoms with van der Waals surface area (Å²) in [5.74, 6) is -0.465. The van der Waals surface area contributed by atoms with E-state index in [0.29, 0.717) is 11.6 Å². The van der Waals surface area contributed by atoms with E-state index in [-0.39, 0.29) is 30.5 Å². The summed E-state index contributed by atoms with van der Waals surface area (Å²) in [6, 6.07) is 9.18. The van der Waals surface area contributed by atoms with Gasteiger partial charge in [0.25, 0.3) is 0 Å². The van der Waals surface area contributed by atoms with Crippen molar-refractivity contribution in [2.75, 3.05) is 17.2 Å². The van der Waals surface area contributed by atoms with Crippen molar-refractivity contribution in [3.05, 3.63) is 34.8 Å². The van der Waals surface area contributed by atoms with E-state index in [9.17, 15) is 13.2 Å². The van der Waals surface area contributed by atoms with Crippen LogP contribution < -0.4 is 4.90 Å².